The zero-order valence-corrected chi connectivity index (χ0v) is 11.8. The van der Waals surface area contributed by atoms with Gasteiger partial charge in [-0.1, -0.05) is 24.4 Å². The standard InChI is InChI=1S/C14H17ClN2O3/c15-10-5-9(6-11(16)7-10)14(20)17(8-13(18)19)12-3-1-2-4-12/h5-7,12H,1-4,8,16H2,(H,18,19). The van der Waals surface area contributed by atoms with Crippen molar-refractivity contribution in [2.75, 3.05) is 12.3 Å². The van der Waals surface area contributed by atoms with E-state index in [1.807, 2.05) is 0 Å². The first kappa shape index (κ1) is 14.7. The van der Waals surface area contributed by atoms with Gasteiger partial charge in [-0.15, -0.1) is 0 Å². The Kier molecular flexibility index (Phi) is 4.49. The summed E-state index contributed by atoms with van der Waals surface area (Å²) >= 11 is 5.90. The SMILES string of the molecule is Nc1cc(Cl)cc(C(=O)N(CC(=O)O)C2CCCC2)c1. The second-order valence-corrected chi connectivity index (χ2v) is 5.47. The summed E-state index contributed by atoms with van der Waals surface area (Å²) in [5.74, 6) is -1.34. The van der Waals surface area contributed by atoms with Crippen LogP contribution in [-0.2, 0) is 4.79 Å². The molecule has 1 aliphatic rings. The summed E-state index contributed by atoms with van der Waals surface area (Å²) in [5, 5.41) is 9.37. The number of halogens is 1. The number of carbonyl (C=O) groups excluding carboxylic acids is 1. The number of nitrogens with zero attached hydrogens (tertiary/aromatic N) is 1. The molecule has 0 radical (unpaired) electrons. The van der Waals surface area contributed by atoms with Gasteiger partial charge in [0.05, 0.1) is 0 Å². The quantitative estimate of drug-likeness (QED) is 0.836. The van der Waals surface area contributed by atoms with Crippen LogP contribution in [-0.4, -0.2) is 34.5 Å². The van der Waals surface area contributed by atoms with Gasteiger partial charge in [0.1, 0.15) is 6.54 Å². The summed E-state index contributed by atoms with van der Waals surface area (Å²) < 4.78 is 0. The number of rotatable bonds is 4. The molecule has 1 aliphatic carbocycles. The maximum absolute atomic E-state index is 12.5. The number of aliphatic carboxylic acids is 1. The molecule has 1 aromatic carbocycles. The molecule has 6 heteroatoms. The number of hydrogen-bond acceptors (Lipinski definition) is 3. The second-order valence-electron chi connectivity index (χ2n) is 5.04. The molecule has 1 amide bonds. The third kappa shape index (κ3) is 3.42. The second kappa shape index (κ2) is 6.13. The number of nitrogens with two attached hydrogens (primary N) is 1. The van der Waals surface area contributed by atoms with Crippen LogP contribution < -0.4 is 5.73 Å². The predicted molar refractivity (Wildman–Crippen MR) is 76.8 cm³/mol. The zero-order chi connectivity index (χ0) is 14.7. The Balaban J connectivity index is 2.26. The summed E-state index contributed by atoms with van der Waals surface area (Å²) in [6.45, 7) is -0.296. The Hall–Kier alpha value is -1.75. The van der Waals surface area contributed by atoms with E-state index in [9.17, 15) is 9.59 Å². The van der Waals surface area contributed by atoms with Crippen molar-refractivity contribution >= 4 is 29.2 Å². The Labute approximate surface area is 122 Å². The number of carbonyl (C=O) groups is 2. The van der Waals surface area contributed by atoms with E-state index < -0.39 is 5.97 Å². The maximum atomic E-state index is 12.5. The molecule has 2 rings (SSSR count). The highest BCUT2D eigenvalue weighted by molar-refractivity contribution is 6.31. The van der Waals surface area contributed by atoms with Gasteiger partial charge in [-0.05, 0) is 31.0 Å². The van der Waals surface area contributed by atoms with Gasteiger partial charge in [0.2, 0.25) is 0 Å². The van der Waals surface area contributed by atoms with Crippen molar-refractivity contribution in [2.24, 2.45) is 0 Å². The smallest absolute Gasteiger partial charge is 0.323 e. The molecular formula is C14H17ClN2O3. The van der Waals surface area contributed by atoms with Crippen LogP contribution in [0.25, 0.3) is 0 Å². The van der Waals surface area contributed by atoms with Crippen molar-refractivity contribution in [3.05, 3.63) is 28.8 Å². The van der Waals surface area contributed by atoms with Gasteiger partial charge in [-0.25, -0.2) is 0 Å². The number of carboxylic acids is 1. The van der Waals surface area contributed by atoms with E-state index in [1.165, 1.54) is 17.0 Å². The Bertz CT molecular complexity index is 507. The third-order valence-corrected chi connectivity index (χ3v) is 3.72. The predicted octanol–water partition coefficient (Wildman–Crippen LogP) is 2.39. The van der Waals surface area contributed by atoms with Crippen LogP contribution in [0.2, 0.25) is 5.02 Å². The van der Waals surface area contributed by atoms with E-state index in [2.05, 4.69) is 0 Å². The molecule has 0 aliphatic heterocycles. The zero-order valence-electron chi connectivity index (χ0n) is 11.0. The molecule has 20 heavy (non-hydrogen) atoms. The minimum absolute atomic E-state index is 0.0150. The first-order valence-corrected chi connectivity index (χ1v) is 6.94. The molecule has 0 heterocycles. The number of amides is 1. The van der Waals surface area contributed by atoms with E-state index in [0.717, 1.165) is 25.7 Å². The fourth-order valence-corrected chi connectivity index (χ4v) is 2.87. The van der Waals surface area contributed by atoms with Crippen LogP contribution in [0.4, 0.5) is 5.69 Å². The van der Waals surface area contributed by atoms with Crippen molar-refractivity contribution in [3.63, 3.8) is 0 Å². The molecule has 0 aromatic heterocycles. The Morgan fingerprint density at radius 2 is 1.95 bits per heavy atom. The summed E-state index contributed by atoms with van der Waals surface area (Å²) in [7, 11) is 0. The fourth-order valence-electron chi connectivity index (χ4n) is 2.63. The first-order valence-electron chi connectivity index (χ1n) is 6.56. The normalized spacial score (nSPS) is 15.2. The average Bonchev–Trinajstić information content (AvgIpc) is 2.87. The van der Waals surface area contributed by atoms with Gasteiger partial charge >= 0.3 is 5.97 Å². The lowest BCUT2D eigenvalue weighted by Gasteiger charge is -2.27. The molecule has 108 valence electrons. The Morgan fingerprint density at radius 1 is 1.30 bits per heavy atom. The van der Waals surface area contributed by atoms with Gasteiger partial charge in [0, 0.05) is 22.3 Å². The molecule has 0 atom stereocenters. The van der Waals surface area contributed by atoms with Crippen LogP contribution >= 0.6 is 11.6 Å². The summed E-state index contributed by atoms with van der Waals surface area (Å²) in [4.78, 5) is 24.9. The van der Waals surface area contributed by atoms with Gasteiger partial charge < -0.3 is 15.7 Å². The van der Waals surface area contributed by atoms with Crippen LogP contribution in [0, 0.1) is 0 Å². The average molecular weight is 297 g/mol. The van der Waals surface area contributed by atoms with Crippen LogP contribution in [0.15, 0.2) is 18.2 Å². The molecule has 0 bridgehead atoms. The van der Waals surface area contributed by atoms with Crippen molar-refractivity contribution in [1.29, 1.82) is 0 Å². The van der Waals surface area contributed by atoms with Crippen molar-refractivity contribution in [3.8, 4) is 0 Å². The molecule has 5 nitrogen and oxygen atoms in total. The number of nitrogen functional groups attached to an aromatic ring is 1. The van der Waals surface area contributed by atoms with E-state index >= 15 is 0 Å². The lowest BCUT2D eigenvalue weighted by molar-refractivity contribution is -0.138. The van der Waals surface area contributed by atoms with Crippen molar-refractivity contribution in [1.82, 2.24) is 4.90 Å². The van der Waals surface area contributed by atoms with E-state index in [4.69, 9.17) is 22.4 Å². The number of carboxylic acid groups (broad SMARTS) is 1. The lowest BCUT2D eigenvalue weighted by Crippen LogP contribution is -2.42. The fraction of sp³-hybridized carbons (Fsp3) is 0.429. The molecule has 1 aromatic rings. The third-order valence-electron chi connectivity index (χ3n) is 3.50. The van der Waals surface area contributed by atoms with Gasteiger partial charge in [-0.2, -0.15) is 0 Å². The highest BCUT2D eigenvalue weighted by atomic mass is 35.5. The topological polar surface area (TPSA) is 83.6 Å². The molecule has 0 saturated heterocycles. The number of hydrogen-bond donors (Lipinski definition) is 2. The molecule has 0 spiro atoms. The minimum atomic E-state index is -1.01. The summed E-state index contributed by atoms with van der Waals surface area (Å²) in [5.41, 5.74) is 6.41. The molecule has 3 N–H and O–H groups in total. The lowest BCUT2D eigenvalue weighted by atomic mass is 10.1. The minimum Gasteiger partial charge on any atom is -0.480 e. The van der Waals surface area contributed by atoms with E-state index in [0.29, 0.717) is 16.3 Å². The first-order chi connectivity index (χ1) is 9.47. The highest BCUT2D eigenvalue weighted by Gasteiger charge is 2.29. The van der Waals surface area contributed by atoms with Crippen LogP contribution in [0.1, 0.15) is 36.0 Å². The van der Waals surface area contributed by atoms with Crippen molar-refractivity contribution < 1.29 is 14.7 Å². The summed E-state index contributed by atoms with van der Waals surface area (Å²) in [6.07, 6.45) is 3.72. The molecule has 0 unspecified atom stereocenters. The van der Waals surface area contributed by atoms with Crippen LogP contribution in [0.5, 0.6) is 0 Å². The molecule has 1 fully saturated rings. The van der Waals surface area contributed by atoms with Crippen LogP contribution in [0.3, 0.4) is 0 Å². The summed E-state index contributed by atoms with van der Waals surface area (Å²) in [6, 6.07) is 4.58. The Morgan fingerprint density at radius 3 is 2.50 bits per heavy atom. The van der Waals surface area contributed by atoms with Gasteiger partial charge in [0.15, 0.2) is 0 Å². The highest BCUT2D eigenvalue weighted by Crippen LogP contribution is 2.26. The van der Waals surface area contributed by atoms with Gasteiger partial charge in [0.25, 0.3) is 5.91 Å². The van der Waals surface area contributed by atoms with E-state index in [-0.39, 0.29) is 18.5 Å². The molecule has 1 saturated carbocycles. The van der Waals surface area contributed by atoms with Gasteiger partial charge in [-0.3, -0.25) is 9.59 Å². The number of benzene rings is 1. The van der Waals surface area contributed by atoms with E-state index in [1.54, 1.807) is 6.07 Å². The molecular weight excluding hydrogens is 280 g/mol. The van der Waals surface area contributed by atoms with Crippen molar-refractivity contribution in [2.45, 2.75) is 31.7 Å². The number of anilines is 1. The maximum Gasteiger partial charge on any atom is 0.323 e. The largest absolute Gasteiger partial charge is 0.480 e. The monoisotopic (exact) mass is 296 g/mol.